The van der Waals surface area contributed by atoms with E-state index < -0.39 is 127 Å². The average molecular weight is 758 g/mol. The number of para-hydroxylation sites is 2. The maximum absolute atomic E-state index is 12.6. The third-order valence-corrected chi connectivity index (χ3v) is 7.19. The second-order valence-electron chi connectivity index (χ2n) is 11.5. The van der Waals surface area contributed by atoms with Gasteiger partial charge in [0.1, 0.15) is 31.5 Å². The minimum absolute atomic E-state index is 0.355. The van der Waals surface area contributed by atoms with Crippen LogP contribution in [0.1, 0.15) is 48.5 Å². The number of hydrogen-bond acceptors (Lipinski definition) is 20. The van der Waals surface area contributed by atoms with Gasteiger partial charge >= 0.3 is 47.5 Å². The Labute approximate surface area is 301 Å². The highest BCUT2D eigenvalue weighted by atomic mass is 16.8. The Hall–Kier alpha value is -5.41. The van der Waals surface area contributed by atoms with Crippen molar-refractivity contribution in [3.8, 4) is 5.75 Å². The van der Waals surface area contributed by atoms with Crippen molar-refractivity contribution in [2.45, 2.75) is 110 Å². The highest BCUT2D eigenvalue weighted by molar-refractivity contribution is 5.69. The van der Waals surface area contributed by atoms with Crippen LogP contribution in [0.2, 0.25) is 0 Å². The van der Waals surface area contributed by atoms with Crippen LogP contribution in [0.15, 0.2) is 24.3 Å². The quantitative estimate of drug-likeness (QED) is 0.109. The monoisotopic (exact) mass is 757 g/mol. The van der Waals surface area contributed by atoms with E-state index in [1.54, 1.807) is 0 Å². The topological polar surface area (TPSA) is 264 Å². The zero-order valence-electron chi connectivity index (χ0n) is 29.6. The largest absolute Gasteiger partial charge is 0.463 e. The first-order valence-electron chi connectivity index (χ1n) is 15.9. The molecule has 292 valence electrons. The van der Waals surface area contributed by atoms with Crippen molar-refractivity contribution in [2.75, 3.05) is 13.2 Å². The van der Waals surface area contributed by atoms with Crippen LogP contribution < -0.4 is 4.74 Å². The number of ether oxygens (including phenoxy) is 11. The first kappa shape index (κ1) is 42.0. The van der Waals surface area contributed by atoms with Crippen LogP contribution in [0.25, 0.3) is 0 Å². The molecule has 21 heteroatoms. The predicted molar refractivity (Wildman–Crippen MR) is 167 cm³/mol. The Morgan fingerprint density at radius 3 is 1.43 bits per heavy atom. The first-order chi connectivity index (χ1) is 24.9. The second-order valence-corrected chi connectivity index (χ2v) is 11.5. The molecule has 0 saturated carbocycles. The third kappa shape index (κ3) is 12.1. The fourth-order valence-corrected chi connectivity index (χ4v) is 5.40. The summed E-state index contributed by atoms with van der Waals surface area (Å²) in [5.74, 6) is -6.69. The van der Waals surface area contributed by atoms with Gasteiger partial charge in [0, 0.05) is 54.5 Å². The molecule has 1 aromatic carbocycles. The summed E-state index contributed by atoms with van der Waals surface area (Å²) in [7, 11) is 0. The number of nitrogens with zero attached hydrogens (tertiary/aromatic N) is 1. The molecule has 0 bridgehead atoms. The van der Waals surface area contributed by atoms with E-state index in [9.17, 15) is 43.7 Å². The molecule has 53 heavy (non-hydrogen) atoms. The van der Waals surface area contributed by atoms with E-state index in [-0.39, 0.29) is 5.75 Å². The summed E-state index contributed by atoms with van der Waals surface area (Å²) < 4.78 is 61.7. The molecule has 2 fully saturated rings. The van der Waals surface area contributed by atoms with Gasteiger partial charge in [-0.15, -0.1) is 0 Å². The normalized spacial score (nSPS) is 27.9. The molecule has 2 aliphatic rings. The molecule has 0 unspecified atom stereocenters. The lowest BCUT2D eigenvalue weighted by molar-refractivity contribution is -0.387. The van der Waals surface area contributed by atoms with Crippen molar-refractivity contribution >= 4 is 47.5 Å². The molecule has 0 N–H and O–H groups in total. The number of hydrogen-bond donors (Lipinski definition) is 0. The van der Waals surface area contributed by atoms with Crippen LogP contribution in [0.4, 0.5) is 5.69 Å². The molecule has 2 aliphatic heterocycles. The second kappa shape index (κ2) is 18.9. The predicted octanol–water partition coefficient (Wildman–Crippen LogP) is 0.593. The number of nitro benzene ring substituents is 1. The van der Waals surface area contributed by atoms with Gasteiger partial charge in [-0.25, -0.2) is 0 Å². The third-order valence-electron chi connectivity index (χ3n) is 7.19. The van der Waals surface area contributed by atoms with E-state index in [0.717, 1.165) is 54.5 Å². The van der Waals surface area contributed by atoms with Gasteiger partial charge in [-0.1, -0.05) is 12.1 Å². The van der Waals surface area contributed by atoms with E-state index in [1.807, 2.05) is 0 Å². The molecule has 2 heterocycles. The van der Waals surface area contributed by atoms with Gasteiger partial charge in [0.15, 0.2) is 36.5 Å². The summed E-state index contributed by atoms with van der Waals surface area (Å²) in [5, 5.41) is 11.8. The van der Waals surface area contributed by atoms with Crippen molar-refractivity contribution < 1.29 is 90.6 Å². The minimum atomic E-state index is -1.88. The summed E-state index contributed by atoms with van der Waals surface area (Å²) >= 11 is 0. The summed E-state index contributed by atoms with van der Waals surface area (Å²) in [6.07, 6.45) is -16.9. The summed E-state index contributed by atoms with van der Waals surface area (Å²) in [5.41, 5.74) is -0.519. The highest BCUT2D eigenvalue weighted by Crippen LogP contribution is 2.37. The maximum Gasteiger partial charge on any atom is 0.311 e. The first-order valence-corrected chi connectivity index (χ1v) is 15.9. The molecular weight excluding hydrogens is 718 g/mol. The molecule has 3 rings (SSSR count). The zero-order valence-corrected chi connectivity index (χ0v) is 29.6. The van der Waals surface area contributed by atoms with Crippen molar-refractivity contribution in [1.29, 1.82) is 0 Å². The fourth-order valence-electron chi connectivity index (χ4n) is 5.40. The van der Waals surface area contributed by atoms with E-state index in [0.29, 0.717) is 0 Å². The van der Waals surface area contributed by atoms with Crippen LogP contribution >= 0.6 is 0 Å². The number of carbonyl (C=O) groups is 7. The lowest BCUT2D eigenvalue weighted by Gasteiger charge is -2.48. The Morgan fingerprint density at radius 2 is 0.962 bits per heavy atom. The van der Waals surface area contributed by atoms with Gasteiger partial charge < -0.3 is 52.1 Å². The van der Waals surface area contributed by atoms with Crippen molar-refractivity contribution in [2.24, 2.45) is 0 Å². The molecule has 1 aromatic rings. The number of benzene rings is 1. The van der Waals surface area contributed by atoms with E-state index in [1.165, 1.54) is 18.2 Å². The van der Waals surface area contributed by atoms with Gasteiger partial charge in [0.05, 0.1) is 4.92 Å². The fraction of sp³-hybridized carbons (Fsp3) is 0.594. The van der Waals surface area contributed by atoms with Crippen LogP contribution in [-0.2, 0) is 80.9 Å². The maximum atomic E-state index is 12.6. The molecule has 0 spiro atoms. The molecular formula is C32H39NO20. The van der Waals surface area contributed by atoms with Gasteiger partial charge in [0.25, 0.3) is 0 Å². The highest BCUT2D eigenvalue weighted by Gasteiger charge is 2.58. The average Bonchev–Trinajstić information content (AvgIpc) is 3.03. The molecule has 0 aliphatic carbocycles. The van der Waals surface area contributed by atoms with Crippen LogP contribution in [0.3, 0.4) is 0 Å². The Bertz CT molecular complexity index is 1550. The van der Waals surface area contributed by atoms with E-state index in [4.69, 9.17) is 52.1 Å². The smallest absolute Gasteiger partial charge is 0.311 e. The lowest BCUT2D eigenvalue weighted by Crippen LogP contribution is -2.67. The zero-order chi connectivity index (χ0) is 39.6. The standard InChI is InChI=1S/C32H39NO20/c1-14(34)43-12-23-25(45-16(3)36)27(46-17(4)37)30(49-20(7)40)32(52-23)53-26-24(13-44-15(2)35)51-31(29(48-19(6)39)28(26)47-18(5)38)50-22-11-9-8-10-21(22)33(41)42/h8-11,23-32H,12-13H2,1-7H3/t23-,24-,25-,26-,27+,28+,29-,30-,31-,32+/m1/s1. The lowest BCUT2D eigenvalue weighted by atomic mass is 9.96. The van der Waals surface area contributed by atoms with Gasteiger partial charge in [0.2, 0.25) is 12.4 Å². The SMILES string of the molecule is CC(=O)OC[C@H]1O[C@@H](O[C@H]2[C@H](OC(C)=O)[C@@H](OC(C)=O)[C@H](Oc3ccccc3[N+](=O)[O-])O[C@@H]2COC(C)=O)[C@H](OC(C)=O)[C@@H](OC(C)=O)[C@@H]1OC(C)=O. The molecule has 21 nitrogen and oxygen atoms in total. The molecule has 0 radical (unpaired) electrons. The summed E-state index contributed by atoms with van der Waals surface area (Å²) in [6.45, 7) is 5.84. The minimum Gasteiger partial charge on any atom is -0.463 e. The van der Waals surface area contributed by atoms with E-state index in [2.05, 4.69) is 0 Å². The molecule has 10 atom stereocenters. The summed E-state index contributed by atoms with van der Waals surface area (Å²) in [6, 6.07) is 5.10. The van der Waals surface area contributed by atoms with Crippen molar-refractivity contribution in [3.05, 3.63) is 34.4 Å². The molecule has 2 saturated heterocycles. The number of carbonyl (C=O) groups excluding carboxylic acids is 7. The van der Waals surface area contributed by atoms with Crippen LogP contribution in [0.5, 0.6) is 5.75 Å². The van der Waals surface area contributed by atoms with Gasteiger partial charge in [-0.3, -0.25) is 43.7 Å². The number of esters is 7. The Morgan fingerprint density at radius 1 is 0.566 bits per heavy atom. The summed E-state index contributed by atoms with van der Waals surface area (Å²) in [4.78, 5) is 96.6. The molecule has 0 amide bonds. The van der Waals surface area contributed by atoms with Gasteiger partial charge in [-0.05, 0) is 6.07 Å². The van der Waals surface area contributed by atoms with Gasteiger partial charge in [-0.2, -0.15) is 0 Å². The number of rotatable bonds is 14. The number of nitro groups is 1. The van der Waals surface area contributed by atoms with Crippen molar-refractivity contribution in [3.63, 3.8) is 0 Å². The van der Waals surface area contributed by atoms with Crippen LogP contribution in [0, 0.1) is 10.1 Å². The Kier molecular flexibility index (Phi) is 15.0. The van der Waals surface area contributed by atoms with E-state index >= 15 is 0 Å². The molecule has 0 aromatic heterocycles. The Balaban J connectivity index is 2.20. The van der Waals surface area contributed by atoms with Crippen LogP contribution in [-0.4, -0.2) is 121 Å². The van der Waals surface area contributed by atoms with Crippen molar-refractivity contribution in [1.82, 2.24) is 0 Å².